The third kappa shape index (κ3) is 3.65. The summed E-state index contributed by atoms with van der Waals surface area (Å²) in [7, 11) is 0. The van der Waals surface area contributed by atoms with Crippen LogP contribution in [0.15, 0.2) is 15.8 Å². The van der Waals surface area contributed by atoms with E-state index in [1.165, 1.54) is 10.8 Å². The average Bonchev–Trinajstić information content (AvgIpc) is 2.77. The summed E-state index contributed by atoms with van der Waals surface area (Å²) in [4.78, 5) is 25.9. The van der Waals surface area contributed by atoms with Crippen LogP contribution in [0.2, 0.25) is 0 Å². The van der Waals surface area contributed by atoms with Crippen molar-refractivity contribution in [2.75, 3.05) is 6.61 Å². The minimum absolute atomic E-state index is 0.153. The summed E-state index contributed by atoms with van der Waals surface area (Å²) in [6.45, 7) is 5.39. The number of aliphatic hydroxyl groups is 2. The normalized spacial score (nSPS) is 24.9. The van der Waals surface area contributed by atoms with Gasteiger partial charge in [-0.15, -0.1) is 0 Å². The Morgan fingerprint density at radius 2 is 2.14 bits per heavy atom. The van der Waals surface area contributed by atoms with Crippen molar-refractivity contribution < 1.29 is 14.9 Å². The smallest absolute Gasteiger partial charge is 0.330 e. The van der Waals surface area contributed by atoms with Gasteiger partial charge in [-0.2, -0.15) is 0 Å². The highest BCUT2D eigenvalue weighted by Gasteiger charge is 2.35. The Labute approximate surface area is 127 Å². The number of hydrogen-bond donors (Lipinski definition) is 3. The van der Waals surface area contributed by atoms with Gasteiger partial charge in [0.2, 0.25) is 0 Å². The van der Waals surface area contributed by atoms with E-state index in [0.717, 1.165) is 0 Å². The van der Waals surface area contributed by atoms with E-state index < -0.39 is 29.7 Å². The molecule has 1 aromatic rings. The first-order chi connectivity index (χ1) is 10.2. The molecule has 0 bridgehead atoms. The molecule has 1 saturated heterocycles. The lowest BCUT2D eigenvalue weighted by molar-refractivity contribution is -0.0459. The molecule has 1 aliphatic rings. The SMILES string of the molecule is CC(C)(C)C#Cc1cn([C@H]2C[C@H](O)[C@@H](CO)O2)c(=O)[nH]c1=O. The lowest BCUT2D eigenvalue weighted by Gasteiger charge is -2.14. The van der Waals surface area contributed by atoms with Crippen molar-refractivity contribution in [2.24, 2.45) is 5.41 Å². The Balaban J connectivity index is 2.39. The van der Waals surface area contributed by atoms with Gasteiger partial charge in [-0.05, 0) is 20.8 Å². The third-order valence-electron chi connectivity index (χ3n) is 3.23. The van der Waals surface area contributed by atoms with Crippen molar-refractivity contribution in [3.05, 3.63) is 32.6 Å². The topological polar surface area (TPSA) is 105 Å². The number of aromatic nitrogens is 2. The van der Waals surface area contributed by atoms with Gasteiger partial charge >= 0.3 is 5.69 Å². The lowest BCUT2D eigenvalue weighted by Crippen LogP contribution is -2.33. The zero-order chi connectivity index (χ0) is 16.5. The number of nitrogens with zero attached hydrogens (tertiary/aromatic N) is 1. The van der Waals surface area contributed by atoms with E-state index in [2.05, 4.69) is 16.8 Å². The standard InChI is InChI=1S/C15H20N2O5/c1-15(2,3)5-4-9-7-17(14(21)16-13(9)20)12-6-10(19)11(8-18)22-12/h7,10-12,18-19H,6,8H2,1-3H3,(H,16,20,21)/t10-,11+,12+/m0/s1. The molecule has 120 valence electrons. The minimum Gasteiger partial charge on any atom is -0.394 e. The van der Waals surface area contributed by atoms with Crippen LogP contribution in [0.3, 0.4) is 0 Å². The summed E-state index contributed by atoms with van der Waals surface area (Å²) in [6.07, 6.45) is -0.863. The third-order valence-corrected chi connectivity index (χ3v) is 3.23. The van der Waals surface area contributed by atoms with Crippen molar-refractivity contribution in [2.45, 2.75) is 45.6 Å². The van der Waals surface area contributed by atoms with Gasteiger partial charge in [-0.3, -0.25) is 14.3 Å². The second-order valence-corrected chi connectivity index (χ2v) is 6.32. The van der Waals surface area contributed by atoms with E-state index in [-0.39, 0.29) is 24.0 Å². The first-order valence-corrected chi connectivity index (χ1v) is 7.04. The van der Waals surface area contributed by atoms with Gasteiger partial charge in [0.05, 0.1) is 12.7 Å². The predicted octanol–water partition coefficient (Wildman–Crippen LogP) is -0.425. The van der Waals surface area contributed by atoms with Gasteiger partial charge in [-0.25, -0.2) is 4.79 Å². The number of aliphatic hydroxyl groups excluding tert-OH is 2. The molecule has 0 spiro atoms. The summed E-state index contributed by atoms with van der Waals surface area (Å²) >= 11 is 0. The monoisotopic (exact) mass is 308 g/mol. The number of nitrogens with one attached hydrogen (secondary N) is 1. The number of H-pyrrole nitrogens is 1. The van der Waals surface area contributed by atoms with Gasteiger partial charge < -0.3 is 14.9 Å². The zero-order valence-electron chi connectivity index (χ0n) is 12.8. The molecule has 0 aromatic carbocycles. The second kappa shape index (κ2) is 6.08. The Bertz CT molecular complexity index is 716. The Morgan fingerprint density at radius 1 is 1.45 bits per heavy atom. The number of rotatable bonds is 2. The largest absolute Gasteiger partial charge is 0.394 e. The molecule has 0 amide bonds. The van der Waals surface area contributed by atoms with Crippen molar-refractivity contribution in [1.82, 2.24) is 9.55 Å². The molecule has 2 rings (SSSR count). The fourth-order valence-corrected chi connectivity index (χ4v) is 2.09. The summed E-state index contributed by atoms with van der Waals surface area (Å²) in [6, 6.07) is 0. The van der Waals surface area contributed by atoms with Crippen LogP contribution in [-0.4, -0.2) is 38.6 Å². The number of aromatic amines is 1. The highest BCUT2D eigenvalue weighted by molar-refractivity contribution is 5.31. The van der Waals surface area contributed by atoms with Crippen LogP contribution in [0.4, 0.5) is 0 Å². The molecule has 3 N–H and O–H groups in total. The lowest BCUT2D eigenvalue weighted by atomic mass is 9.98. The average molecular weight is 308 g/mol. The molecule has 0 radical (unpaired) electrons. The molecule has 7 nitrogen and oxygen atoms in total. The Kier molecular flexibility index (Phi) is 4.56. The van der Waals surface area contributed by atoms with Crippen LogP contribution in [0.25, 0.3) is 0 Å². The second-order valence-electron chi connectivity index (χ2n) is 6.32. The molecule has 7 heteroatoms. The first-order valence-electron chi connectivity index (χ1n) is 7.04. The van der Waals surface area contributed by atoms with Crippen molar-refractivity contribution >= 4 is 0 Å². The van der Waals surface area contributed by atoms with Gasteiger partial charge in [0.15, 0.2) is 0 Å². The highest BCUT2D eigenvalue weighted by Crippen LogP contribution is 2.27. The van der Waals surface area contributed by atoms with Crippen LogP contribution in [0.5, 0.6) is 0 Å². The number of ether oxygens (including phenoxy) is 1. The van der Waals surface area contributed by atoms with E-state index in [1.807, 2.05) is 20.8 Å². The van der Waals surface area contributed by atoms with E-state index in [9.17, 15) is 14.7 Å². The summed E-state index contributed by atoms with van der Waals surface area (Å²) in [5, 5.41) is 18.8. The van der Waals surface area contributed by atoms with Crippen LogP contribution in [0, 0.1) is 17.3 Å². The molecular weight excluding hydrogens is 288 g/mol. The molecule has 1 aromatic heterocycles. The fraction of sp³-hybridized carbons (Fsp3) is 0.600. The minimum atomic E-state index is -0.863. The Morgan fingerprint density at radius 3 is 2.68 bits per heavy atom. The highest BCUT2D eigenvalue weighted by atomic mass is 16.5. The van der Waals surface area contributed by atoms with Crippen molar-refractivity contribution in [1.29, 1.82) is 0 Å². The molecular formula is C15H20N2O5. The molecule has 3 atom stereocenters. The maximum absolute atomic E-state index is 11.9. The van der Waals surface area contributed by atoms with Gasteiger partial charge in [0.25, 0.3) is 5.56 Å². The fourth-order valence-electron chi connectivity index (χ4n) is 2.09. The van der Waals surface area contributed by atoms with E-state index >= 15 is 0 Å². The van der Waals surface area contributed by atoms with E-state index in [1.54, 1.807) is 0 Å². The first kappa shape index (κ1) is 16.5. The maximum Gasteiger partial charge on any atom is 0.330 e. The van der Waals surface area contributed by atoms with Gasteiger partial charge in [0, 0.05) is 18.0 Å². The molecule has 22 heavy (non-hydrogen) atoms. The summed E-state index contributed by atoms with van der Waals surface area (Å²) in [5.74, 6) is 5.69. The van der Waals surface area contributed by atoms with Crippen LogP contribution >= 0.6 is 0 Å². The zero-order valence-corrected chi connectivity index (χ0v) is 12.8. The molecule has 0 saturated carbocycles. The van der Waals surface area contributed by atoms with E-state index in [0.29, 0.717) is 0 Å². The van der Waals surface area contributed by atoms with Gasteiger partial charge in [-0.1, -0.05) is 11.8 Å². The molecule has 0 aliphatic carbocycles. The van der Waals surface area contributed by atoms with Crippen LogP contribution in [0.1, 0.15) is 39.0 Å². The number of hydrogen-bond acceptors (Lipinski definition) is 5. The summed E-state index contributed by atoms with van der Waals surface area (Å²) in [5.41, 5.74) is -1.33. The molecule has 2 heterocycles. The molecule has 0 unspecified atom stereocenters. The predicted molar refractivity (Wildman–Crippen MR) is 79.3 cm³/mol. The molecule has 1 fully saturated rings. The van der Waals surface area contributed by atoms with E-state index in [4.69, 9.17) is 9.84 Å². The summed E-state index contributed by atoms with van der Waals surface area (Å²) < 4.78 is 6.61. The maximum atomic E-state index is 11.9. The van der Waals surface area contributed by atoms with Crippen LogP contribution < -0.4 is 11.2 Å². The quantitative estimate of drug-likeness (QED) is 0.643. The molecule has 1 aliphatic heterocycles. The van der Waals surface area contributed by atoms with Crippen molar-refractivity contribution in [3.63, 3.8) is 0 Å². The van der Waals surface area contributed by atoms with Gasteiger partial charge in [0.1, 0.15) is 17.9 Å². The van der Waals surface area contributed by atoms with Crippen molar-refractivity contribution in [3.8, 4) is 11.8 Å². The van der Waals surface area contributed by atoms with Crippen LogP contribution in [-0.2, 0) is 4.74 Å². The Hall–Kier alpha value is -1.88.